The lowest BCUT2D eigenvalue weighted by molar-refractivity contribution is 0.489. The lowest BCUT2D eigenvalue weighted by Gasteiger charge is -2.07. The van der Waals surface area contributed by atoms with E-state index >= 15 is 0 Å². The van der Waals surface area contributed by atoms with Gasteiger partial charge < -0.3 is 0 Å². The number of rotatable bonds is 3. The Morgan fingerprint density at radius 3 is 2.50 bits per heavy atom. The average molecular weight is 215 g/mol. The molecule has 0 unspecified atom stereocenters. The zero-order valence-electron chi connectivity index (χ0n) is 8.06. The van der Waals surface area contributed by atoms with Gasteiger partial charge in [-0.25, -0.2) is 0 Å². The smallest absolute Gasteiger partial charge is 0.269 e. The highest BCUT2D eigenvalue weighted by Gasteiger charge is 2.05. The van der Waals surface area contributed by atoms with Crippen LogP contribution in [-0.4, -0.2) is 13.0 Å². The summed E-state index contributed by atoms with van der Waals surface area (Å²) in [5, 5.41) is 0. The Balaban J connectivity index is 2.95. The van der Waals surface area contributed by atoms with Gasteiger partial charge in [-0.05, 0) is 23.6 Å². The topological polar surface area (TPSA) is 66.4 Å². The van der Waals surface area contributed by atoms with E-state index in [4.69, 9.17) is 4.55 Å². The van der Waals surface area contributed by atoms with Gasteiger partial charge in [-0.2, -0.15) is 8.42 Å². The Bertz CT molecular complexity index is 412. The van der Waals surface area contributed by atoms with Crippen LogP contribution in [0.2, 0.25) is 0 Å². The standard InChI is InChI=1S/C9H13NO3S/c1-7(2)8-4-3-5-9(6-8)10-14(11,12)13/h3-7,10H,1-2H3,(H,11,12,13). The molecule has 0 saturated carbocycles. The Morgan fingerprint density at radius 1 is 1.36 bits per heavy atom. The maximum atomic E-state index is 10.5. The summed E-state index contributed by atoms with van der Waals surface area (Å²) in [5.41, 5.74) is 1.39. The molecule has 78 valence electrons. The Morgan fingerprint density at radius 2 is 2.00 bits per heavy atom. The highest BCUT2D eigenvalue weighted by Crippen LogP contribution is 2.18. The fourth-order valence-electron chi connectivity index (χ4n) is 1.11. The van der Waals surface area contributed by atoms with E-state index in [2.05, 4.69) is 0 Å². The number of hydrogen-bond donors (Lipinski definition) is 2. The third kappa shape index (κ3) is 3.35. The molecule has 0 amide bonds. The predicted octanol–water partition coefficient (Wildman–Crippen LogP) is 2.02. The maximum absolute atomic E-state index is 10.5. The minimum absolute atomic E-state index is 0.318. The SMILES string of the molecule is CC(C)c1cccc(NS(=O)(=O)O)c1. The van der Waals surface area contributed by atoms with Crippen molar-refractivity contribution in [3.05, 3.63) is 29.8 Å². The number of anilines is 1. The molecule has 0 aromatic heterocycles. The third-order valence-corrected chi connectivity index (χ3v) is 2.29. The summed E-state index contributed by atoms with van der Waals surface area (Å²) >= 11 is 0. The number of benzene rings is 1. The summed E-state index contributed by atoms with van der Waals surface area (Å²) in [6.07, 6.45) is 0. The largest absolute Gasteiger partial charge is 0.357 e. The van der Waals surface area contributed by atoms with Crippen LogP contribution in [0.25, 0.3) is 0 Å². The normalized spacial score (nSPS) is 11.7. The molecule has 0 spiro atoms. The molecule has 5 heteroatoms. The highest BCUT2D eigenvalue weighted by atomic mass is 32.2. The zero-order valence-corrected chi connectivity index (χ0v) is 8.88. The van der Waals surface area contributed by atoms with Crippen LogP contribution in [0.15, 0.2) is 24.3 Å². The molecule has 1 aromatic rings. The number of nitrogens with one attached hydrogen (secondary N) is 1. The molecule has 4 nitrogen and oxygen atoms in total. The quantitative estimate of drug-likeness (QED) is 0.758. The van der Waals surface area contributed by atoms with Crippen molar-refractivity contribution < 1.29 is 13.0 Å². The zero-order chi connectivity index (χ0) is 10.8. The molecule has 0 heterocycles. The van der Waals surface area contributed by atoms with Gasteiger partial charge in [0.1, 0.15) is 0 Å². The molecule has 0 fully saturated rings. The van der Waals surface area contributed by atoms with Crippen LogP contribution in [0.3, 0.4) is 0 Å². The predicted molar refractivity (Wildman–Crippen MR) is 55.7 cm³/mol. The van der Waals surface area contributed by atoms with Crippen molar-refractivity contribution in [3.63, 3.8) is 0 Å². The molecular weight excluding hydrogens is 202 g/mol. The van der Waals surface area contributed by atoms with E-state index in [9.17, 15) is 8.42 Å². The molecule has 0 aliphatic heterocycles. The maximum Gasteiger partial charge on any atom is 0.357 e. The van der Waals surface area contributed by atoms with E-state index in [1.54, 1.807) is 18.2 Å². The first-order valence-corrected chi connectivity index (χ1v) is 5.67. The van der Waals surface area contributed by atoms with Crippen LogP contribution in [0.4, 0.5) is 5.69 Å². The summed E-state index contributed by atoms with van der Waals surface area (Å²) < 4.78 is 31.6. The monoisotopic (exact) mass is 215 g/mol. The minimum atomic E-state index is -4.17. The lowest BCUT2D eigenvalue weighted by atomic mass is 10.0. The van der Waals surface area contributed by atoms with Gasteiger partial charge in [0.15, 0.2) is 0 Å². The van der Waals surface area contributed by atoms with Crippen molar-refractivity contribution in [2.45, 2.75) is 19.8 Å². The van der Waals surface area contributed by atoms with E-state index in [1.807, 2.05) is 24.6 Å². The third-order valence-electron chi connectivity index (χ3n) is 1.80. The molecule has 14 heavy (non-hydrogen) atoms. The van der Waals surface area contributed by atoms with Gasteiger partial charge in [0.05, 0.1) is 5.69 Å². The van der Waals surface area contributed by atoms with E-state index in [-0.39, 0.29) is 0 Å². The second-order valence-electron chi connectivity index (χ2n) is 3.36. The van der Waals surface area contributed by atoms with Gasteiger partial charge in [-0.15, -0.1) is 0 Å². The first-order chi connectivity index (χ1) is 6.38. The second-order valence-corrected chi connectivity index (χ2v) is 4.51. The number of hydrogen-bond acceptors (Lipinski definition) is 2. The summed E-state index contributed by atoms with van der Waals surface area (Å²) in [6.45, 7) is 4.01. The Kier molecular flexibility index (Phi) is 3.13. The van der Waals surface area contributed by atoms with E-state index in [0.717, 1.165) is 5.56 Å². The molecule has 0 bridgehead atoms. The van der Waals surface area contributed by atoms with Gasteiger partial charge in [-0.3, -0.25) is 9.27 Å². The summed E-state index contributed by atoms with van der Waals surface area (Å²) in [4.78, 5) is 0. The summed E-state index contributed by atoms with van der Waals surface area (Å²) in [6, 6.07) is 6.92. The van der Waals surface area contributed by atoms with Crippen LogP contribution in [0.1, 0.15) is 25.3 Å². The van der Waals surface area contributed by atoms with Gasteiger partial charge >= 0.3 is 10.3 Å². The van der Waals surface area contributed by atoms with Crippen molar-refractivity contribution in [1.82, 2.24) is 0 Å². The van der Waals surface area contributed by atoms with Crippen LogP contribution in [0, 0.1) is 0 Å². The first-order valence-electron chi connectivity index (χ1n) is 4.23. The average Bonchev–Trinajstić information content (AvgIpc) is 2.01. The Hall–Kier alpha value is -1.07. The molecule has 1 aromatic carbocycles. The molecule has 0 aliphatic rings. The van der Waals surface area contributed by atoms with Crippen molar-refractivity contribution in [2.24, 2.45) is 0 Å². The van der Waals surface area contributed by atoms with E-state index < -0.39 is 10.3 Å². The molecule has 1 rings (SSSR count). The first kappa shape index (κ1) is 11.0. The van der Waals surface area contributed by atoms with Gasteiger partial charge in [0.25, 0.3) is 0 Å². The molecule has 0 saturated heterocycles. The van der Waals surface area contributed by atoms with Gasteiger partial charge in [0, 0.05) is 0 Å². The molecule has 0 radical (unpaired) electrons. The van der Waals surface area contributed by atoms with Gasteiger partial charge in [-0.1, -0.05) is 26.0 Å². The fraction of sp³-hybridized carbons (Fsp3) is 0.333. The van der Waals surface area contributed by atoms with Crippen molar-refractivity contribution in [1.29, 1.82) is 0 Å². The molecular formula is C9H13NO3S. The van der Waals surface area contributed by atoms with Crippen LogP contribution < -0.4 is 4.72 Å². The van der Waals surface area contributed by atoms with E-state index in [1.165, 1.54) is 0 Å². The van der Waals surface area contributed by atoms with Gasteiger partial charge in [0.2, 0.25) is 0 Å². The van der Waals surface area contributed by atoms with Crippen LogP contribution >= 0.6 is 0 Å². The molecule has 0 aliphatic carbocycles. The molecule has 0 atom stereocenters. The molecule has 2 N–H and O–H groups in total. The van der Waals surface area contributed by atoms with Crippen LogP contribution in [-0.2, 0) is 10.3 Å². The fourth-order valence-corrected chi connectivity index (χ4v) is 1.54. The van der Waals surface area contributed by atoms with Crippen molar-refractivity contribution >= 4 is 16.0 Å². The van der Waals surface area contributed by atoms with Crippen molar-refractivity contribution in [3.8, 4) is 0 Å². The van der Waals surface area contributed by atoms with E-state index in [0.29, 0.717) is 11.6 Å². The second kappa shape index (κ2) is 3.98. The lowest BCUT2D eigenvalue weighted by Crippen LogP contribution is -2.10. The summed E-state index contributed by atoms with van der Waals surface area (Å²) in [5.74, 6) is 0.318. The summed E-state index contributed by atoms with van der Waals surface area (Å²) in [7, 11) is -4.17. The minimum Gasteiger partial charge on any atom is -0.269 e. The Labute approximate surface area is 83.8 Å². The highest BCUT2D eigenvalue weighted by molar-refractivity contribution is 7.87. The van der Waals surface area contributed by atoms with Crippen molar-refractivity contribution in [2.75, 3.05) is 4.72 Å². The van der Waals surface area contributed by atoms with Crippen LogP contribution in [0.5, 0.6) is 0 Å².